The van der Waals surface area contributed by atoms with Gasteiger partial charge >= 0.3 is 0 Å². The van der Waals surface area contributed by atoms with Crippen LogP contribution in [-0.4, -0.2) is 31.1 Å². The van der Waals surface area contributed by atoms with Gasteiger partial charge in [-0.05, 0) is 49.1 Å². The van der Waals surface area contributed by atoms with Crippen LogP contribution in [0.1, 0.15) is 56.4 Å². The van der Waals surface area contributed by atoms with E-state index in [0.29, 0.717) is 51.0 Å². The number of amides is 1. The number of nitrogens with zero attached hydrogens (tertiary/aromatic N) is 3. The number of nitrogens with one attached hydrogen (secondary N) is 1. The smallest absolute Gasteiger partial charge is 0.267 e. The molecule has 0 bridgehead atoms. The lowest BCUT2D eigenvalue weighted by atomic mass is 9.99. The zero-order valence-electron chi connectivity index (χ0n) is 20.2. The van der Waals surface area contributed by atoms with E-state index in [0.717, 1.165) is 31.2 Å². The van der Waals surface area contributed by atoms with Crippen molar-refractivity contribution in [2.45, 2.75) is 53.0 Å². The monoisotopic (exact) mass is 510 g/mol. The van der Waals surface area contributed by atoms with Gasteiger partial charge in [0.25, 0.3) is 11.5 Å². The predicted molar refractivity (Wildman–Crippen MR) is 145 cm³/mol. The molecule has 1 amide bonds. The molecule has 0 spiro atoms. The Hall–Kier alpha value is -2.91. The summed E-state index contributed by atoms with van der Waals surface area (Å²) in [5, 5.41) is 3.21. The van der Waals surface area contributed by atoms with Gasteiger partial charge in [-0.2, -0.15) is 0 Å². The van der Waals surface area contributed by atoms with Gasteiger partial charge < -0.3 is 9.73 Å². The highest BCUT2D eigenvalue weighted by atomic mass is 32.2. The van der Waals surface area contributed by atoms with Gasteiger partial charge in [0.1, 0.15) is 21.5 Å². The molecule has 7 nitrogen and oxygen atoms in total. The first-order chi connectivity index (χ1) is 16.9. The first kappa shape index (κ1) is 25.2. The number of hydrogen-bond acceptors (Lipinski definition) is 7. The number of thioether (sulfide) groups is 1. The third kappa shape index (κ3) is 5.67. The number of carbonyl (C=O) groups excluding carboxylic acids is 1. The zero-order valence-corrected chi connectivity index (χ0v) is 21.9. The van der Waals surface area contributed by atoms with Crippen LogP contribution in [0.15, 0.2) is 50.8 Å². The zero-order chi connectivity index (χ0) is 24.9. The minimum Gasteiger partial charge on any atom is -0.467 e. The van der Waals surface area contributed by atoms with Crippen molar-refractivity contribution in [1.82, 2.24) is 14.3 Å². The molecule has 0 aromatic carbocycles. The molecule has 1 unspecified atom stereocenters. The summed E-state index contributed by atoms with van der Waals surface area (Å²) in [6, 6.07) is 7.36. The summed E-state index contributed by atoms with van der Waals surface area (Å²) >= 11 is 6.80. The summed E-state index contributed by atoms with van der Waals surface area (Å²) < 4.78 is 7.46. The number of fused-ring (bicyclic) bond motifs is 1. The summed E-state index contributed by atoms with van der Waals surface area (Å²) in [6.45, 7) is 7.20. The van der Waals surface area contributed by atoms with E-state index in [1.165, 1.54) is 16.2 Å². The number of rotatable bonds is 10. The maximum Gasteiger partial charge on any atom is 0.267 e. The molecule has 4 heterocycles. The number of unbranched alkanes of at least 4 members (excludes halogenated alkanes) is 1. The lowest BCUT2D eigenvalue weighted by Gasteiger charge is -2.21. The average molecular weight is 511 g/mol. The maximum absolute atomic E-state index is 13.5. The Morgan fingerprint density at radius 3 is 2.80 bits per heavy atom. The van der Waals surface area contributed by atoms with Gasteiger partial charge in [0, 0.05) is 12.7 Å². The molecule has 1 aliphatic heterocycles. The molecule has 1 fully saturated rings. The Bertz CT molecular complexity index is 1310. The Balaban J connectivity index is 1.69. The predicted octanol–water partition coefficient (Wildman–Crippen LogP) is 5.63. The number of pyridine rings is 1. The Morgan fingerprint density at radius 1 is 1.26 bits per heavy atom. The van der Waals surface area contributed by atoms with E-state index in [2.05, 4.69) is 24.1 Å². The van der Waals surface area contributed by atoms with Crippen LogP contribution in [0.4, 0.5) is 5.82 Å². The van der Waals surface area contributed by atoms with Gasteiger partial charge in [-0.3, -0.25) is 18.9 Å². The van der Waals surface area contributed by atoms with Crippen LogP contribution < -0.4 is 10.9 Å². The summed E-state index contributed by atoms with van der Waals surface area (Å²) in [7, 11) is 0. The largest absolute Gasteiger partial charge is 0.467 e. The molecule has 3 aromatic heterocycles. The third-order valence-electron chi connectivity index (χ3n) is 6.15. The van der Waals surface area contributed by atoms with Crippen molar-refractivity contribution in [3.8, 4) is 0 Å². The van der Waals surface area contributed by atoms with Crippen LogP contribution in [0, 0.1) is 12.8 Å². The van der Waals surface area contributed by atoms with E-state index in [1.54, 1.807) is 35.6 Å². The van der Waals surface area contributed by atoms with Crippen molar-refractivity contribution in [2.24, 2.45) is 5.92 Å². The van der Waals surface area contributed by atoms with Gasteiger partial charge in [0.05, 0.1) is 23.3 Å². The Kier molecular flexibility index (Phi) is 8.07. The minimum absolute atomic E-state index is 0.152. The highest BCUT2D eigenvalue weighted by Crippen LogP contribution is 2.34. The van der Waals surface area contributed by atoms with Gasteiger partial charge in [-0.15, -0.1) is 0 Å². The number of furan rings is 1. The second kappa shape index (κ2) is 11.2. The van der Waals surface area contributed by atoms with Crippen LogP contribution in [-0.2, 0) is 11.3 Å². The van der Waals surface area contributed by atoms with Crippen LogP contribution in [0.25, 0.3) is 11.7 Å². The highest BCUT2D eigenvalue weighted by Gasteiger charge is 2.33. The molecule has 1 saturated heterocycles. The second-order valence-corrected chi connectivity index (χ2v) is 10.4. The van der Waals surface area contributed by atoms with Gasteiger partial charge in [0.15, 0.2) is 0 Å². The van der Waals surface area contributed by atoms with Crippen molar-refractivity contribution in [1.29, 1.82) is 0 Å². The molecule has 0 saturated carbocycles. The van der Waals surface area contributed by atoms with E-state index in [-0.39, 0.29) is 11.5 Å². The average Bonchev–Trinajstić information content (AvgIpc) is 3.46. The number of aromatic nitrogens is 2. The van der Waals surface area contributed by atoms with Crippen LogP contribution in [0.2, 0.25) is 0 Å². The number of anilines is 1. The van der Waals surface area contributed by atoms with Crippen molar-refractivity contribution in [3.63, 3.8) is 0 Å². The topological polar surface area (TPSA) is 79.8 Å². The van der Waals surface area contributed by atoms with E-state index in [4.69, 9.17) is 16.6 Å². The van der Waals surface area contributed by atoms with E-state index in [9.17, 15) is 9.59 Å². The van der Waals surface area contributed by atoms with Crippen molar-refractivity contribution in [2.75, 3.05) is 11.9 Å². The Morgan fingerprint density at radius 2 is 2.09 bits per heavy atom. The first-order valence-corrected chi connectivity index (χ1v) is 13.2. The molecule has 184 valence electrons. The standard InChI is InChI=1S/C26H30N4O3S2/c1-4-6-8-18(5-2)16-30-25(32)21(35-26(30)34)13-20-23(27-14-19-9-7-12-33-19)28-22-11-10-17(3)15-29(22)24(20)31/h7,9-13,15,18,27H,4-6,8,14,16H2,1-3H3. The first-order valence-electron chi connectivity index (χ1n) is 12.0. The normalized spacial score (nSPS) is 16.0. The fraction of sp³-hybridized carbons (Fsp3) is 0.385. The molecular formula is C26H30N4O3S2. The molecule has 0 aliphatic carbocycles. The fourth-order valence-corrected chi connectivity index (χ4v) is 5.33. The van der Waals surface area contributed by atoms with Crippen LogP contribution >= 0.6 is 24.0 Å². The van der Waals surface area contributed by atoms with Crippen LogP contribution in [0.5, 0.6) is 0 Å². The van der Waals surface area contributed by atoms with Crippen molar-refractivity contribution in [3.05, 3.63) is 68.9 Å². The molecule has 0 radical (unpaired) electrons. The SMILES string of the molecule is CCCCC(CC)CN1C(=O)C(=Cc2c(NCc3ccco3)nc3ccc(C)cn3c2=O)SC1=S. The number of aryl methyl sites for hydroxylation is 1. The minimum atomic E-state index is -0.250. The quantitative estimate of drug-likeness (QED) is 0.280. The Labute approximate surface area is 214 Å². The maximum atomic E-state index is 13.5. The van der Waals surface area contributed by atoms with Crippen molar-refractivity contribution >= 4 is 51.7 Å². The van der Waals surface area contributed by atoms with Crippen LogP contribution in [0.3, 0.4) is 0 Å². The van der Waals surface area contributed by atoms with E-state index < -0.39 is 0 Å². The molecule has 35 heavy (non-hydrogen) atoms. The van der Waals surface area contributed by atoms with Gasteiger partial charge in [-0.1, -0.05) is 63.2 Å². The number of hydrogen-bond donors (Lipinski definition) is 1. The number of carbonyl (C=O) groups is 1. The molecule has 3 aromatic rings. The lowest BCUT2D eigenvalue weighted by Crippen LogP contribution is -2.33. The molecule has 1 N–H and O–H groups in total. The van der Waals surface area contributed by atoms with E-state index in [1.807, 2.05) is 19.1 Å². The summed E-state index contributed by atoms with van der Waals surface area (Å²) in [5.41, 5.74) is 1.53. The van der Waals surface area contributed by atoms with Gasteiger partial charge in [-0.25, -0.2) is 4.98 Å². The van der Waals surface area contributed by atoms with Gasteiger partial charge in [0.2, 0.25) is 0 Å². The summed E-state index contributed by atoms with van der Waals surface area (Å²) in [6.07, 6.45) is 9.29. The molecule has 4 rings (SSSR count). The summed E-state index contributed by atoms with van der Waals surface area (Å²) in [5.74, 6) is 1.36. The van der Waals surface area contributed by atoms with E-state index >= 15 is 0 Å². The third-order valence-corrected chi connectivity index (χ3v) is 7.53. The highest BCUT2D eigenvalue weighted by molar-refractivity contribution is 8.26. The fourth-order valence-electron chi connectivity index (χ4n) is 4.07. The molecule has 1 aliphatic rings. The summed E-state index contributed by atoms with van der Waals surface area (Å²) in [4.78, 5) is 33.6. The molecular weight excluding hydrogens is 480 g/mol. The second-order valence-electron chi connectivity index (χ2n) is 8.76. The lowest BCUT2D eigenvalue weighted by molar-refractivity contribution is -0.122. The van der Waals surface area contributed by atoms with Crippen molar-refractivity contribution < 1.29 is 9.21 Å². The molecule has 1 atom stereocenters. The molecule has 9 heteroatoms. The number of thiocarbonyl (C=S) groups is 1.